The molecule has 1 aromatic carbocycles. The second-order valence-electron chi connectivity index (χ2n) is 6.06. The van der Waals surface area contributed by atoms with Gasteiger partial charge >= 0.3 is 5.97 Å². The third kappa shape index (κ3) is 2.30. The fourth-order valence-electron chi connectivity index (χ4n) is 3.32. The van der Waals surface area contributed by atoms with Gasteiger partial charge in [-0.05, 0) is 36.8 Å². The van der Waals surface area contributed by atoms with Crippen LogP contribution >= 0.6 is 0 Å². The van der Waals surface area contributed by atoms with Gasteiger partial charge in [-0.1, -0.05) is 30.7 Å². The van der Waals surface area contributed by atoms with Crippen molar-refractivity contribution in [3.63, 3.8) is 0 Å². The van der Waals surface area contributed by atoms with Crippen molar-refractivity contribution in [2.24, 2.45) is 5.41 Å². The summed E-state index contributed by atoms with van der Waals surface area (Å²) < 4.78 is 0. The molecule has 0 radical (unpaired) electrons. The normalized spacial score (nSPS) is 20.0. The van der Waals surface area contributed by atoms with E-state index in [1.54, 1.807) is 0 Å². The van der Waals surface area contributed by atoms with E-state index >= 15 is 0 Å². The lowest BCUT2D eigenvalue weighted by Gasteiger charge is -2.37. The SMILES string of the molecule is O=C(CC1(C(=O)O)CCC1)NC1Cc2ccccc2C1. The number of carbonyl (C=O) groups excluding carboxylic acids is 1. The van der Waals surface area contributed by atoms with Crippen molar-refractivity contribution in [3.05, 3.63) is 35.4 Å². The summed E-state index contributed by atoms with van der Waals surface area (Å²) in [5, 5.41) is 12.3. The molecule has 2 N–H and O–H groups in total. The third-order valence-corrected chi connectivity index (χ3v) is 4.68. The van der Waals surface area contributed by atoms with Gasteiger partial charge in [0.15, 0.2) is 0 Å². The molecule has 1 aromatic rings. The third-order valence-electron chi connectivity index (χ3n) is 4.68. The molecule has 20 heavy (non-hydrogen) atoms. The van der Waals surface area contributed by atoms with Crippen LogP contribution in [0.1, 0.15) is 36.8 Å². The molecule has 2 aliphatic carbocycles. The molecule has 0 heterocycles. The van der Waals surface area contributed by atoms with Crippen LogP contribution in [0.5, 0.6) is 0 Å². The summed E-state index contributed by atoms with van der Waals surface area (Å²) in [5.74, 6) is -0.946. The van der Waals surface area contributed by atoms with E-state index in [2.05, 4.69) is 17.4 Å². The minimum atomic E-state index is -0.825. The molecule has 1 amide bonds. The minimum absolute atomic E-state index is 0.117. The molecule has 0 spiro atoms. The fraction of sp³-hybridized carbons (Fsp3) is 0.500. The summed E-state index contributed by atoms with van der Waals surface area (Å²) in [6.07, 6.45) is 3.98. The van der Waals surface area contributed by atoms with Crippen LogP contribution in [0.15, 0.2) is 24.3 Å². The lowest BCUT2D eigenvalue weighted by Crippen LogP contribution is -2.45. The highest BCUT2D eigenvalue weighted by Crippen LogP contribution is 2.44. The van der Waals surface area contributed by atoms with Crippen LogP contribution in [0, 0.1) is 5.41 Å². The quantitative estimate of drug-likeness (QED) is 0.880. The van der Waals surface area contributed by atoms with Gasteiger partial charge in [0, 0.05) is 12.5 Å². The number of carbonyl (C=O) groups is 2. The topological polar surface area (TPSA) is 66.4 Å². The van der Waals surface area contributed by atoms with E-state index < -0.39 is 11.4 Å². The number of benzene rings is 1. The van der Waals surface area contributed by atoms with E-state index in [1.165, 1.54) is 11.1 Å². The van der Waals surface area contributed by atoms with Crippen LogP contribution in [-0.4, -0.2) is 23.0 Å². The van der Waals surface area contributed by atoms with Gasteiger partial charge in [-0.2, -0.15) is 0 Å². The first-order valence-corrected chi connectivity index (χ1v) is 7.19. The van der Waals surface area contributed by atoms with Crippen molar-refractivity contribution in [1.82, 2.24) is 5.32 Å². The van der Waals surface area contributed by atoms with Crippen LogP contribution in [0.3, 0.4) is 0 Å². The highest BCUT2D eigenvalue weighted by atomic mass is 16.4. The Morgan fingerprint density at radius 2 is 1.80 bits per heavy atom. The average molecular weight is 273 g/mol. The summed E-state index contributed by atoms with van der Waals surface area (Å²) in [6.45, 7) is 0. The zero-order valence-electron chi connectivity index (χ0n) is 11.4. The number of fused-ring (bicyclic) bond motifs is 1. The van der Waals surface area contributed by atoms with Crippen LogP contribution in [0.25, 0.3) is 0 Å². The summed E-state index contributed by atoms with van der Waals surface area (Å²) in [6, 6.07) is 8.32. The van der Waals surface area contributed by atoms with Crippen molar-refractivity contribution < 1.29 is 14.7 Å². The first kappa shape index (κ1) is 13.2. The number of carboxylic acids is 1. The molecular weight excluding hydrogens is 254 g/mol. The highest BCUT2D eigenvalue weighted by molar-refractivity contribution is 5.85. The van der Waals surface area contributed by atoms with Gasteiger partial charge in [-0.3, -0.25) is 9.59 Å². The molecular formula is C16H19NO3. The lowest BCUT2D eigenvalue weighted by atomic mass is 9.66. The molecule has 3 rings (SSSR count). The molecule has 0 atom stereocenters. The Morgan fingerprint density at radius 3 is 2.25 bits per heavy atom. The number of carboxylic acid groups (broad SMARTS) is 1. The second-order valence-corrected chi connectivity index (χ2v) is 6.06. The zero-order valence-corrected chi connectivity index (χ0v) is 11.4. The van der Waals surface area contributed by atoms with Crippen molar-refractivity contribution in [2.45, 2.75) is 44.6 Å². The standard InChI is InChI=1S/C16H19NO3/c18-14(10-16(15(19)20)6-3-7-16)17-13-8-11-4-1-2-5-12(11)9-13/h1-2,4-5,13H,3,6-10H2,(H,17,18)(H,19,20). The maximum absolute atomic E-state index is 12.1. The van der Waals surface area contributed by atoms with Gasteiger partial charge in [0.25, 0.3) is 0 Å². The van der Waals surface area contributed by atoms with E-state index in [-0.39, 0.29) is 18.4 Å². The Bertz CT molecular complexity index is 523. The molecule has 1 fully saturated rings. The summed E-state index contributed by atoms with van der Waals surface area (Å²) >= 11 is 0. The molecule has 4 nitrogen and oxygen atoms in total. The average Bonchev–Trinajstić information content (AvgIpc) is 2.75. The Kier molecular flexibility index (Phi) is 3.24. The van der Waals surface area contributed by atoms with Crippen LogP contribution in [0.2, 0.25) is 0 Å². The van der Waals surface area contributed by atoms with Gasteiger partial charge in [-0.15, -0.1) is 0 Å². The molecule has 4 heteroatoms. The zero-order chi connectivity index (χ0) is 14.2. The molecule has 1 saturated carbocycles. The van der Waals surface area contributed by atoms with E-state index in [0.29, 0.717) is 12.8 Å². The monoisotopic (exact) mass is 273 g/mol. The smallest absolute Gasteiger partial charge is 0.310 e. The molecule has 0 bridgehead atoms. The van der Waals surface area contributed by atoms with Crippen molar-refractivity contribution in [3.8, 4) is 0 Å². The van der Waals surface area contributed by atoms with E-state index in [1.807, 2.05) is 12.1 Å². The Hall–Kier alpha value is -1.84. The van der Waals surface area contributed by atoms with Crippen molar-refractivity contribution in [1.29, 1.82) is 0 Å². The lowest BCUT2D eigenvalue weighted by molar-refractivity contribution is -0.157. The van der Waals surface area contributed by atoms with Crippen molar-refractivity contribution >= 4 is 11.9 Å². The summed E-state index contributed by atoms with van der Waals surface area (Å²) in [5.41, 5.74) is 1.78. The number of nitrogens with one attached hydrogen (secondary N) is 1. The highest BCUT2D eigenvalue weighted by Gasteiger charge is 2.46. The van der Waals surface area contributed by atoms with E-state index in [0.717, 1.165) is 19.3 Å². The van der Waals surface area contributed by atoms with Gasteiger partial charge in [0.1, 0.15) is 0 Å². The maximum Gasteiger partial charge on any atom is 0.310 e. The Balaban J connectivity index is 1.57. The number of aliphatic carboxylic acids is 1. The van der Waals surface area contributed by atoms with Gasteiger partial charge in [-0.25, -0.2) is 0 Å². The van der Waals surface area contributed by atoms with E-state index in [4.69, 9.17) is 0 Å². The number of amides is 1. The first-order valence-electron chi connectivity index (χ1n) is 7.19. The molecule has 0 aliphatic heterocycles. The second kappa shape index (κ2) is 4.93. The number of hydrogen-bond donors (Lipinski definition) is 2. The van der Waals surface area contributed by atoms with E-state index in [9.17, 15) is 14.7 Å². The predicted molar refractivity (Wildman–Crippen MR) is 74.3 cm³/mol. The number of hydrogen-bond acceptors (Lipinski definition) is 2. The summed E-state index contributed by atoms with van der Waals surface area (Å²) in [4.78, 5) is 23.4. The summed E-state index contributed by atoms with van der Waals surface area (Å²) in [7, 11) is 0. The largest absolute Gasteiger partial charge is 0.481 e. The Morgan fingerprint density at radius 1 is 1.20 bits per heavy atom. The van der Waals surface area contributed by atoms with Crippen molar-refractivity contribution in [2.75, 3.05) is 0 Å². The minimum Gasteiger partial charge on any atom is -0.481 e. The first-order chi connectivity index (χ1) is 9.59. The van der Waals surface area contributed by atoms with Gasteiger partial charge in [0.2, 0.25) is 5.91 Å². The van der Waals surface area contributed by atoms with Crippen LogP contribution in [-0.2, 0) is 22.4 Å². The van der Waals surface area contributed by atoms with Crippen LogP contribution in [0.4, 0.5) is 0 Å². The fourth-order valence-corrected chi connectivity index (χ4v) is 3.32. The molecule has 0 saturated heterocycles. The number of rotatable bonds is 4. The Labute approximate surface area is 118 Å². The predicted octanol–water partition coefficient (Wildman–Crippen LogP) is 1.91. The molecule has 106 valence electrons. The van der Waals surface area contributed by atoms with Crippen LogP contribution < -0.4 is 5.32 Å². The van der Waals surface area contributed by atoms with Gasteiger partial charge < -0.3 is 10.4 Å². The molecule has 0 aromatic heterocycles. The maximum atomic E-state index is 12.1. The molecule has 2 aliphatic rings. The molecule has 0 unspecified atom stereocenters. The van der Waals surface area contributed by atoms with Gasteiger partial charge in [0.05, 0.1) is 5.41 Å².